The van der Waals surface area contributed by atoms with Crippen LogP contribution >= 0.6 is 0 Å². The molecule has 1 fully saturated rings. The minimum Gasteiger partial charge on any atom is -0.390 e. The maximum Gasteiger partial charge on any atom is 0.0622 e. The standard InChI is InChI=1S/C19H38O/c1-3-4-5-6-7-8-9-10-11-12-16-19(2,20)17-18-14-13-15-18/h18,20H,3-17H2,1-2H3. The first-order chi connectivity index (χ1) is 9.64. The zero-order chi connectivity index (χ0) is 14.7. The SMILES string of the molecule is CCCCCCCCCCCCC(C)(O)CC1CCC1. The van der Waals surface area contributed by atoms with Crippen LogP contribution in [0.5, 0.6) is 0 Å². The fourth-order valence-corrected chi connectivity index (χ4v) is 3.41. The van der Waals surface area contributed by atoms with Crippen LogP contribution in [0.4, 0.5) is 0 Å². The molecule has 1 aliphatic rings. The highest BCUT2D eigenvalue weighted by atomic mass is 16.3. The summed E-state index contributed by atoms with van der Waals surface area (Å²) < 4.78 is 0. The summed E-state index contributed by atoms with van der Waals surface area (Å²) in [5.74, 6) is 0.827. The zero-order valence-corrected chi connectivity index (χ0v) is 14.1. The molecule has 1 heteroatoms. The number of hydrogen-bond donors (Lipinski definition) is 1. The van der Waals surface area contributed by atoms with Gasteiger partial charge in [-0.25, -0.2) is 0 Å². The van der Waals surface area contributed by atoms with E-state index in [1.165, 1.54) is 83.5 Å². The highest BCUT2D eigenvalue weighted by Crippen LogP contribution is 2.35. The van der Waals surface area contributed by atoms with Crippen molar-refractivity contribution in [1.82, 2.24) is 0 Å². The molecule has 1 atom stereocenters. The summed E-state index contributed by atoms with van der Waals surface area (Å²) in [6.45, 7) is 4.33. The maximum atomic E-state index is 10.4. The third-order valence-corrected chi connectivity index (χ3v) is 5.02. The molecule has 1 rings (SSSR count). The fraction of sp³-hybridized carbons (Fsp3) is 1.00. The summed E-state index contributed by atoms with van der Waals surface area (Å²) >= 11 is 0. The van der Waals surface area contributed by atoms with Gasteiger partial charge >= 0.3 is 0 Å². The molecule has 1 N–H and O–H groups in total. The van der Waals surface area contributed by atoms with Crippen molar-refractivity contribution in [2.75, 3.05) is 0 Å². The van der Waals surface area contributed by atoms with E-state index in [-0.39, 0.29) is 5.60 Å². The van der Waals surface area contributed by atoms with E-state index in [1.54, 1.807) is 0 Å². The molecular formula is C19H38O. The average Bonchev–Trinajstić information content (AvgIpc) is 2.36. The number of rotatable bonds is 13. The summed E-state index contributed by atoms with van der Waals surface area (Å²) in [6.07, 6.45) is 19.9. The predicted molar refractivity (Wildman–Crippen MR) is 89.0 cm³/mol. The molecule has 120 valence electrons. The molecule has 20 heavy (non-hydrogen) atoms. The van der Waals surface area contributed by atoms with Gasteiger partial charge < -0.3 is 5.11 Å². The van der Waals surface area contributed by atoms with Gasteiger partial charge in [-0.2, -0.15) is 0 Å². The van der Waals surface area contributed by atoms with E-state index < -0.39 is 0 Å². The van der Waals surface area contributed by atoms with Crippen molar-refractivity contribution in [3.8, 4) is 0 Å². The third kappa shape index (κ3) is 9.00. The molecule has 0 heterocycles. The zero-order valence-electron chi connectivity index (χ0n) is 14.1. The van der Waals surface area contributed by atoms with Gasteiger partial charge in [0.2, 0.25) is 0 Å². The van der Waals surface area contributed by atoms with E-state index in [4.69, 9.17) is 0 Å². The summed E-state index contributed by atoms with van der Waals surface area (Å²) in [7, 11) is 0. The van der Waals surface area contributed by atoms with Crippen molar-refractivity contribution in [3.05, 3.63) is 0 Å². The van der Waals surface area contributed by atoms with Gasteiger partial charge in [0, 0.05) is 0 Å². The summed E-state index contributed by atoms with van der Waals surface area (Å²) in [6, 6.07) is 0. The molecule has 0 spiro atoms. The predicted octanol–water partition coefficient (Wildman–Crippen LogP) is 6.24. The quantitative estimate of drug-likeness (QED) is 0.396. The molecular weight excluding hydrogens is 244 g/mol. The Morgan fingerprint density at radius 2 is 1.35 bits per heavy atom. The molecule has 0 saturated heterocycles. The van der Waals surface area contributed by atoms with E-state index in [1.807, 2.05) is 0 Å². The topological polar surface area (TPSA) is 20.2 Å². The molecule has 0 aromatic heterocycles. The Balaban J connectivity index is 1.83. The van der Waals surface area contributed by atoms with Crippen LogP contribution in [-0.4, -0.2) is 10.7 Å². The van der Waals surface area contributed by atoms with Gasteiger partial charge in [-0.15, -0.1) is 0 Å². The van der Waals surface area contributed by atoms with Gasteiger partial charge in [-0.1, -0.05) is 90.4 Å². The first kappa shape index (κ1) is 18.0. The molecule has 0 aromatic rings. The summed E-state index contributed by atoms with van der Waals surface area (Å²) in [4.78, 5) is 0. The van der Waals surface area contributed by atoms with Crippen LogP contribution in [0.2, 0.25) is 0 Å². The van der Waals surface area contributed by atoms with Gasteiger partial charge in [0.05, 0.1) is 5.60 Å². The normalized spacial score (nSPS) is 18.8. The molecule has 0 radical (unpaired) electrons. The number of aliphatic hydroxyl groups is 1. The Kier molecular flexibility index (Phi) is 9.59. The maximum absolute atomic E-state index is 10.4. The Morgan fingerprint density at radius 1 is 0.850 bits per heavy atom. The van der Waals surface area contributed by atoms with Gasteiger partial charge in [0.15, 0.2) is 0 Å². The second-order valence-corrected chi connectivity index (χ2v) is 7.43. The van der Waals surface area contributed by atoms with E-state index in [0.29, 0.717) is 0 Å². The van der Waals surface area contributed by atoms with Crippen LogP contribution < -0.4 is 0 Å². The molecule has 1 nitrogen and oxygen atoms in total. The second kappa shape index (κ2) is 10.7. The lowest BCUT2D eigenvalue weighted by Gasteiger charge is -2.33. The molecule has 1 aliphatic carbocycles. The van der Waals surface area contributed by atoms with Crippen LogP contribution in [0.25, 0.3) is 0 Å². The van der Waals surface area contributed by atoms with Crippen LogP contribution in [-0.2, 0) is 0 Å². The van der Waals surface area contributed by atoms with Crippen LogP contribution in [0.3, 0.4) is 0 Å². The van der Waals surface area contributed by atoms with Crippen molar-refractivity contribution in [3.63, 3.8) is 0 Å². The van der Waals surface area contributed by atoms with Crippen molar-refractivity contribution in [2.24, 2.45) is 5.92 Å². The third-order valence-electron chi connectivity index (χ3n) is 5.02. The average molecular weight is 283 g/mol. The van der Waals surface area contributed by atoms with Crippen molar-refractivity contribution < 1.29 is 5.11 Å². The largest absolute Gasteiger partial charge is 0.390 e. The summed E-state index contributed by atoms with van der Waals surface area (Å²) in [5, 5.41) is 10.4. The number of hydrogen-bond acceptors (Lipinski definition) is 1. The van der Waals surface area contributed by atoms with Gasteiger partial charge in [0.1, 0.15) is 0 Å². The molecule has 0 aliphatic heterocycles. The highest BCUT2D eigenvalue weighted by molar-refractivity contribution is 4.81. The molecule has 1 unspecified atom stereocenters. The molecule has 0 bridgehead atoms. The molecule has 0 aromatic carbocycles. The van der Waals surface area contributed by atoms with Crippen LogP contribution in [0.15, 0.2) is 0 Å². The monoisotopic (exact) mass is 282 g/mol. The van der Waals surface area contributed by atoms with Gasteiger partial charge in [-0.05, 0) is 25.7 Å². The Morgan fingerprint density at radius 3 is 1.80 bits per heavy atom. The van der Waals surface area contributed by atoms with Gasteiger partial charge in [-0.3, -0.25) is 0 Å². The van der Waals surface area contributed by atoms with E-state index in [9.17, 15) is 5.11 Å². The van der Waals surface area contributed by atoms with E-state index in [0.717, 1.165) is 18.8 Å². The first-order valence-electron chi connectivity index (χ1n) is 9.36. The Bertz CT molecular complexity index is 218. The highest BCUT2D eigenvalue weighted by Gasteiger charge is 2.28. The van der Waals surface area contributed by atoms with Crippen molar-refractivity contribution in [1.29, 1.82) is 0 Å². The summed E-state index contributed by atoms with van der Waals surface area (Å²) in [5.41, 5.74) is -0.384. The molecule has 1 saturated carbocycles. The smallest absolute Gasteiger partial charge is 0.0622 e. The van der Waals surface area contributed by atoms with Crippen molar-refractivity contribution >= 4 is 0 Å². The minimum atomic E-state index is -0.384. The molecule has 0 amide bonds. The lowest BCUT2D eigenvalue weighted by Crippen LogP contribution is -2.30. The Hall–Kier alpha value is -0.0400. The second-order valence-electron chi connectivity index (χ2n) is 7.43. The van der Waals surface area contributed by atoms with Crippen LogP contribution in [0.1, 0.15) is 110 Å². The lowest BCUT2D eigenvalue weighted by molar-refractivity contribution is 0.0103. The lowest BCUT2D eigenvalue weighted by atomic mass is 9.76. The van der Waals surface area contributed by atoms with E-state index in [2.05, 4.69) is 13.8 Å². The van der Waals surface area contributed by atoms with Crippen molar-refractivity contribution in [2.45, 2.75) is 116 Å². The first-order valence-corrected chi connectivity index (χ1v) is 9.36. The van der Waals surface area contributed by atoms with E-state index >= 15 is 0 Å². The fourth-order valence-electron chi connectivity index (χ4n) is 3.41. The Labute approximate surface area is 127 Å². The number of unbranched alkanes of at least 4 members (excludes halogenated alkanes) is 9. The van der Waals surface area contributed by atoms with Crippen LogP contribution in [0, 0.1) is 5.92 Å². The minimum absolute atomic E-state index is 0.384. The van der Waals surface area contributed by atoms with Gasteiger partial charge in [0.25, 0.3) is 0 Å².